The van der Waals surface area contributed by atoms with Crippen molar-refractivity contribution in [3.8, 4) is 0 Å². The first-order valence-electron chi connectivity index (χ1n) is 2.98. The van der Waals surface area contributed by atoms with Gasteiger partial charge in [-0.1, -0.05) is 0 Å². The van der Waals surface area contributed by atoms with Crippen LogP contribution < -0.4 is 0 Å². The Kier molecular flexibility index (Phi) is 2.11. The Morgan fingerprint density at radius 1 is 1.80 bits per heavy atom. The van der Waals surface area contributed by atoms with Crippen molar-refractivity contribution in [1.82, 2.24) is 9.55 Å². The van der Waals surface area contributed by atoms with Crippen LogP contribution in [0, 0.1) is 0 Å². The third kappa shape index (κ3) is 1.38. The normalized spacial score (nSPS) is 13.6. The lowest BCUT2D eigenvalue weighted by molar-refractivity contribution is 0.185. The lowest BCUT2D eigenvalue weighted by Gasteiger charge is -2.01. The van der Waals surface area contributed by atoms with E-state index in [9.17, 15) is 0 Å². The molecule has 0 spiro atoms. The van der Waals surface area contributed by atoms with Gasteiger partial charge < -0.3 is 9.67 Å². The van der Waals surface area contributed by atoms with Crippen molar-refractivity contribution in [2.45, 2.75) is 13.0 Å². The first kappa shape index (κ1) is 7.75. The number of hydrogen-bond acceptors (Lipinski definition) is 2. The van der Waals surface area contributed by atoms with Gasteiger partial charge in [-0.05, 0) is 22.9 Å². The Bertz CT molecular complexity index is 232. The van der Waals surface area contributed by atoms with Gasteiger partial charge in [0, 0.05) is 13.2 Å². The van der Waals surface area contributed by atoms with E-state index >= 15 is 0 Å². The third-order valence-corrected chi connectivity index (χ3v) is 1.64. The SMILES string of the molecule is CC(O)c1nc(Br)cn1C. The summed E-state index contributed by atoms with van der Waals surface area (Å²) in [4.78, 5) is 4.04. The van der Waals surface area contributed by atoms with E-state index in [1.165, 1.54) is 0 Å². The highest BCUT2D eigenvalue weighted by molar-refractivity contribution is 9.10. The summed E-state index contributed by atoms with van der Waals surface area (Å²) >= 11 is 3.21. The number of nitrogens with zero attached hydrogens (tertiary/aromatic N) is 2. The molecule has 0 aliphatic carbocycles. The van der Waals surface area contributed by atoms with Gasteiger partial charge in [-0.2, -0.15) is 0 Å². The summed E-state index contributed by atoms with van der Waals surface area (Å²) in [6.07, 6.45) is 1.30. The summed E-state index contributed by atoms with van der Waals surface area (Å²) in [6, 6.07) is 0. The smallest absolute Gasteiger partial charge is 0.138 e. The van der Waals surface area contributed by atoms with Crippen LogP contribution in [-0.4, -0.2) is 14.7 Å². The number of hydrogen-bond donors (Lipinski definition) is 1. The van der Waals surface area contributed by atoms with Gasteiger partial charge in [-0.15, -0.1) is 0 Å². The van der Waals surface area contributed by atoms with Crippen LogP contribution in [0.25, 0.3) is 0 Å². The Morgan fingerprint density at radius 3 is 2.60 bits per heavy atom. The van der Waals surface area contributed by atoms with Crippen LogP contribution in [0.15, 0.2) is 10.8 Å². The van der Waals surface area contributed by atoms with Crippen LogP contribution in [0.4, 0.5) is 0 Å². The number of aliphatic hydroxyl groups excluding tert-OH is 1. The van der Waals surface area contributed by atoms with E-state index in [0.29, 0.717) is 5.82 Å². The first-order chi connectivity index (χ1) is 4.61. The summed E-state index contributed by atoms with van der Waals surface area (Å²) in [5.41, 5.74) is 0. The summed E-state index contributed by atoms with van der Waals surface area (Å²) in [7, 11) is 1.85. The monoisotopic (exact) mass is 204 g/mol. The van der Waals surface area contributed by atoms with E-state index in [1.807, 2.05) is 13.2 Å². The highest BCUT2D eigenvalue weighted by atomic mass is 79.9. The zero-order valence-corrected chi connectivity index (χ0v) is 7.46. The van der Waals surface area contributed by atoms with Crippen LogP contribution in [0.3, 0.4) is 0 Å². The van der Waals surface area contributed by atoms with E-state index in [1.54, 1.807) is 11.5 Å². The molecule has 1 heterocycles. The standard InChI is InChI=1S/C6H9BrN2O/c1-4(10)6-8-5(7)3-9(6)2/h3-4,10H,1-2H3. The highest BCUT2D eigenvalue weighted by Gasteiger charge is 2.07. The molecule has 0 radical (unpaired) electrons. The van der Waals surface area contributed by atoms with Gasteiger partial charge in [0.2, 0.25) is 0 Å². The molecule has 0 fully saturated rings. The van der Waals surface area contributed by atoms with Gasteiger partial charge in [-0.3, -0.25) is 0 Å². The molecule has 0 saturated carbocycles. The van der Waals surface area contributed by atoms with E-state index < -0.39 is 6.10 Å². The molecule has 0 amide bonds. The number of imidazole rings is 1. The molecule has 1 aromatic heterocycles. The van der Waals surface area contributed by atoms with Crippen LogP contribution in [0.5, 0.6) is 0 Å². The van der Waals surface area contributed by atoms with E-state index in [0.717, 1.165) is 4.60 Å². The van der Waals surface area contributed by atoms with Gasteiger partial charge in [-0.25, -0.2) is 4.98 Å². The second-order valence-corrected chi connectivity index (χ2v) is 3.02. The second kappa shape index (κ2) is 2.72. The van der Waals surface area contributed by atoms with E-state index in [-0.39, 0.29) is 0 Å². The van der Waals surface area contributed by atoms with Crippen molar-refractivity contribution in [1.29, 1.82) is 0 Å². The highest BCUT2D eigenvalue weighted by Crippen LogP contribution is 2.13. The summed E-state index contributed by atoms with van der Waals surface area (Å²) in [6.45, 7) is 1.69. The molecule has 0 aliphatic rings. The molecular weight excluding hydrogens is 196 g/mol. The van der Waals surface area contributed by atoms with Gasteiger partial charge in [0.1, 0.15) is 16.5 Å². The fourth-order valence-corrected chi connectivity index (χ4v) is 1.32. The molecule has 1 aromatic rings. The summed E-state index contributed by atoms with van der Waals surface area (Å²) < 4.78 is 2.54. The molecule has 0 saturated heterocycles. The molecule has 4 heteroatoms. The third-order valence-electron chi connectivity index (χ3n) is 1.26. The lowest BCUT2D eigenvalue weighted by Crippen LogP contribution is -2.00. The lowest BCUT2D eigenvalue weighted by atomic mass is 10.4. The average Bonchev–Trinajstić information content (AvgIpc) is 2.10. The van der Waals surface area contributed by atoms with Crippen LogP contribution >= 0.6 is 15.9 Å². The molecule has 0 aliphatic heterocycles. The van der Waals surface area contributed by atoms with Gasteiger partial charge in [0.25, 0.3) is 0 Å². The van der Waals surface area contributed by atoms with Crippen LogP contribution in [-0.2, 0) is 7.05 Å². The topological polar surface area (TPSA) is 38.1 Å². The largest absolute Gasteiger partial charge is 0.385 e. The first-order valence-corrected chi connectivity index (χ1v) is 3.77. The molecule has 0 aromatic carbocycles. The van der Waals surface area contributed by atoms with Crippen molar-refractivity contribution in [2.75, 3.05) is 0 Å². The Balaban J connectivity index is 3.03. The molecule has 56 valence electrons. The van der Waals surface area contributed by atoms with Crippen molar-refractivity contribution < 1.29 is 5.11 Å². The molecule has 0 bridgehead atoms. The molecule has 1 atom stereocenters. The number of rotatable bonds is 1. The minimum absolute atomic E-state index is 0.503. The van der Waals surface area contributed by atoms with Crippen molar-refractivity contribution >= 4 is 15.9 Å². The number of aryl methyl sites for hydroxylation is 1. The fourth-order valence-electron chi connectivity index (χ4n) is 0.831. The van der Waals surface area contributed by atoms with Gasteiger partial charge in [0.15, 0.2) is 0 Å². The Morgan fingerprint density at radius 2 is 2.40 bits per heavy atom. The van der Waals surface area contributed by atoms with E-state index in [2.05, 4.69) is 20.9 Å². The Hall–Kier alpha value is -0.350. The molecule has 1 N–H and O–H groups in total. The van der Waals surface area contributed by atoms with Gasteiger partial charge >= 0.3 is 0 Å². The number of halogens is 1. The van der Waals surface area contributed by atoms with Crippen LogP contribution in [0.2, 0.25) is 0 Å². The molecule has 10 heavy (non-hydrogen) atoms. The molecule has 1 unspecified atom stereocenters. The van der Waals surface area contributed by atoms with Gasteiger partial charge in [0.05, 0.1) is 0 Å². The second-order valence-electron chi connectivity index (χ2n) is 2.21. The predicted octanol–water partition coefficient (Wildman–Crippen LogP) is 1.24. The minimum Gasteiger partial charge on any atom is -0.385 e. The summed E-state index contributed by atoms with van der Waals surface area (Å²) in [5.74, 6) is 0.673. The predicted molar refractivity (Wildman–Crippen MR) is 41.5 cm³/mol. The quantitative estimate of drug-likeness (QED) is 0.748. The maximum atomic E-state index is 9.11. The van der Waals surface area contributed by atoms with E-state index in [4.69, 9.17) is 5.11 Å². The maximum absolute atomic E-state index is 9.11. The van der Waals surface area contributed by atoms with Crippen LogP contribution in [0.1, 0.15) is 18.9 Å². The molecule has 1 rings (SSSR count). The van der Waals surface area contributed by atoms with Crippen molar-refractivity contribution in [2.24, 2.45) is 7.05 Å². The van der Waals surface area contributed by atoms with Crippen molar-refractivity contribution in [3.05, 3.63) is 16.6 Å². The van der Waals surface area contributed by atoms with Crippen molar-refractivity contribution in [3.63, 3.8) is 0 Å². The number of aromatic nitrogens is 2. The fraction of sp³-hybridized carbons (Fsp3) is 0.500. The molecule has 3 nitrogen and oxygen atoms in total. The zero-order chi connectivity index (χ0) is 7.72. The average molecular weight is 205 g/mol. The molecular formula is C6H9BrN2O. The Labute approximate surface area is 67.8 Å². The minimum atomic E-state index is -0.503. The summed E-state index contributed by atoms with van der Waals surface area (Å²) in [5, 5.41) is 9.11. The zero-order valence-electron chi connectivity index (χ0n) is 5.87. The number of aliphatic hydroxyl groups is 1. The maximum Gasteiger partial charge on any atom is 0.138 e.